The summed E-state index contributed by atoms with van der Waals surface area (Å²) in [6.07, 6.45) is -8.75. The first-order valence-corrected chi connectivity index (χ1v) is 14.1. The van der Waals surface area contributed by atoms with E-state index in [9.17, 15) is 31.1 Å². The van der Waals surface area contributed by atoms with Crippen molar-refractivity contribution in [3.63, 3.8) is 0 Å². The second kappa shape index (κ2) is 12.4. The normalized spacial score (nSPS) is 15.1. The fourth-order valence-electron chi connectivity index (χ4n) is 4.73. The van der Waals surface area contributed by atoms with Crippen molar-refractivity contribution in [1.29, 1.82) is 0 Å². The summed E-state index contributed by atoms with van der Waals surface area (Å²) >= 11 is 1.24. The summed E-state index contributed by atoms with van der Waals surface area (Å²) in [6.45, 7) is 2.88. The van der Waals surface area contributed by atoms with Gasteiger partial charge in [-0.3, -0.25) is 14.4 Å². The molecule has 0 radical (unpaired) electrons. The molecule has 2 aromatic heterocycles. The van der Waals surface area contributed by atoms with Crippen LogP contribution in [-0.4, -0.2) is 45.9 Å². The van der Waals surface area contributed by atoms with Gasteiger partial charge in [0, 0.05) is 18.2 Å². The summed E-state index contributed by atoms with van der Waals surface area (Å²) in [6, 6.07) is 9.54. The minimum absolute atomic E-state index is 0.0193. The van der Waals surface area contributed by atoms with Crippen LogP contribution in [0.15, 0.2) is 51.8 Å². The number of aromatic nitrogens is 3. The Morgan fingerprint density at radius 1 is 1.05 bits per heavy atom. The lowest BCUT2D eigenvalue weighted by atomic mass is 9.96. The number of hydrogen-bond donors (Lipinski definition) is 1. The second-order valence-electron chi connectivity index (χ2n) is 9.88. The Bertz CT molecular complexity index is 1590. The van der Waals surface area contributed by atoms with Crippen molar-refractivity contribution in [3.8, 4) is 33.5 Å². The number of likely N-dealkylation sites (tertiary alicyclic amines) is 1. The van der Waals surface area contributed by atoms with Gasteiger partial charge in [-0.15, -0.1) is 11.3 Å². The number of hydrogen-bond acceptors (Lipinski definition) is 8. The summed E-state index contributed by atoms with van der Waals surface area (Å²) in [7, 11) is 0. The Kier molecular flexibility index (Phi) is 8.83. The van der Waals surface area contributed by atoms with Crippen molar-refractivity contribution in [2.45, 2.75) is 45.3 Å². The maximum atomic E-state index is 13.2. The average molecular weight is 629 g/mol. The number of nitrogens with zero attached hydrogens (tertiary/aromatic N) is 3. The molecule has 1 aliphatic heterocycles. The van der Waals surface area contributed by atoms with Crippen molar-refractivity contribution in [2.24, 2.45) is 5.92 Å². The standard InChI is InChI=1S/C28H26F6N4O4S/c1-2-40-22-13-19(7-8-20(22)24-36-26(39)42-37-24)41-15-23-21(14-38-11-9-18(10-12-38)28(32,33)34)35-25(43-23)16-3-5-17(6-4-16)27(29,30)31/h3-8,13,18H,2,9-12,14-15H2,1H3,(H,36,37,39). The lowest BCUT2D eigenvalue weighted by Crippen LogP contribution is -2.38. The van der Waals surface area contributed by atoms with Gasteiger partial charge in [0.2, 0.25) is 0 Å². The van der Waals surface area contributed by atoms with Crippen LogP contribution in [0.3, 0.4) is 0 Å². The quantitative estimate of drug-likeness (QED) is 0.201. The lowest BCUT2D eigenvalue weighted by molar-refractivity contribution is -0.185. The van der Waals surface area contributed by atoms with E-state index in [1.165, 1.54) is 23.5 Å². The molecule has 4 aromatic rings. The van der Waals surface area contributed by atoms with Gasteiger partial charge in [0.1, 0.15) is 23.1 Å². The van der Waals surface area contributed by atoms with Gasteiger partial charge < -0.3 is 9.47 Å². The van der Waals surface area contributed by atoms with Gasteiger partial charge in [-0.2, -0.15) is 26.3 Å². The summed E-state index contributed by atoms with van der Waals surface area (Å²) < 4.78 is 95.0. The highest BCUT2D eigenvalue weighted by atomic mass is 32.1. The molecule has 230 valence electrons. The molecule has 5 rings (SSSR count). The molecule has 1 aliphatic rings. The van der Waals surface area contributed by atoms with Crippen LogP contribution in [0.4, 0.5) is 26.3 Å². The van der Waals surface area contributed by atoms with Crippen LogP contribution < -0.4 is 15.2 Å². The minimum atomic E-state index is -4.48. The van der Waals surface area contributed by atoms with Gasteiger partial charge in [-0.25, -0.2) is 9.78 Å². The average Bonchev–Trinajstić information content (AvgIpc) is 3.57. The maximum absolute atomic E-state index is 13.2. The first-order valence-electron chi connectivity index (χ1n) is 13.3. The molecule has 0 atom stereocenters. The van der Waals surface area contributed by atoms with Gasteiger partial charge in [0.25, 0.3) is 0 Å². The minimum Gasteiger partial charge on any atom is -0.493 e. The fraction of sp³-hybridized carbons (Fsp3) is 0.393. The molecule has 0 spiro atoms. The molecule has 0 unspecified atom stereocenters. The third-order valence-corrected chi connectivity index (χ3v) is 8.10. The largest absolute Gasteiger partial charge is 0.493 e. The predicted molar refractivity (Wildman–Crippen MR) is 145 cm³/mol. The van der Waals surface area contributed by atoms with E-state index in [1.54, 1.807) is 25.1 Å². The van der Waals surface area contributed by atoms with E-state index >= 15 is 0 Å². The van der Waals surface area contributed by atoms with Crippen LogP contribution in [0, 0.1) is 5.92 Å². The van der Waals surface area contributed by atoms with E-state index in [0.29, 0.717) is 44.8 Å². The third kappa shape index (κ3) is 7.39. The first-order chi connectivity index (χ1) is 20.4. The smallest absolute Gasteiger partial charge is 0.439 e. The Hall–Kier alpha value is -3.85. The monoisotopic (exact) mass is 628 g/mol. The molecule has 1 fully saturated rings. The van der Waals surface area contributed by atoms with Gasteiger partial charge in [0.15, 0.2) is 5.82 Å². The topological polar surface area (TPSA) is 93.5 Å². The molecule has 43 heavy (non-hydrogen) atoms. The number of aromatic amines is 1. The van der Waals surface area contributed by atoms with Crippen LogP contribution in [0.1, 0.15) is 35.9 Å². The summed E-state index contributed by atoms with van der Waals surface area (Å²) in [5, 5.41) is 4.15. The molecule has 0 bridgehead atoms. The maximum Gasteiger partial charge on any atom is 0.439 e. The van der Waals surface area contributed by atoms with Crippen molar-refractivity contribution in [2.75, 3.05) is 19.7 Å². The van der Waals surface area contributed by atoms with Crippen LogP contribution in [-0.2, 0) is 19.3 Å². The second-order valence-corrected chi connectivity index (χ2v) is 11.0. The number of rotatable bonds is 9. The third-order valence-electron chi connectivity index (χ3n) is 6.98. The van der Waals surface area contributed by atoms with Crippen LogP contribution >= 0.6 is 11.3 Å². The molecule has 1 saturated heterocycles. The number of halogens is 6. The zero-order valence-corrected chi connectivity index (χ0v) is 23.5. The summed E-state index contributed by atoms with van der Waals surface area (Å²) in [5.74, 6) is -1.09. The van der Waals surface area contributed by atoms with Gasteiger partial charge in [0.05, 0.1) is 34.2 Å². The van der Waals surface area contributed by atoms with E-state index in [2.05, 4.69) is 19.6 Å². The zero-order chi connectivity index (χ0) is 30.8. The van der Waals surface area contributed by atoms with Gasteiger partial charge in [-0.05, 0) is 57.1 Å². The summed E-state index contributed by atoms with van der Waals surface area (Å²) in [5.41, 5.74) is 0.746. The van der Waals surface area contributed by atoms with Gasteiger partial charge >= 0.3 is 18.1 Å². The number of thiazole rings is 1. The highest BCUT2D eigenvalue weighted by Gasteiger charge is 2.41. The molecule has 2 aromatic carbocycles. The molecule has 8 nitrogen and oxygen atoms in total. The van der Waals surface area contributed by atoms with E-state index < -0.39 is 29.6 Å². The Balaban J connectivity index is 1.38. The first kappa shape index (κ1) is 30.6. The van der Waals surface area contributed by atoms with Crippen molar-refractivity contribution in [3.05, 3.63) is 69.1 Å². The highest BCUT2D eigenvalue weighted by molar-refractivity contribution is 7.15. The van der Waals surface area contributed by atoms with Crippen LogP contribution in [0.2, 0.25) is 0 Å². The Morgan fingerprint density at radius 2 is 1.77 bits per heavy atom. The van der Waals surface area contributed by atoms with Gasteiger partial charge in [-0.1, -0.05) is 17.3 Å². The molecule has 0 amide bonds. The molecule has 0 saturated carbocycles. The molecule has 3 heterocycles. The van der Waals surface area contributed by atoms with Crippen LogP contribution in [0.5, 0.6) is 11.5 Å². The molecule has 1 N–H and O–H groups in total. The van der Waals surface area contributed by atoms with Crippen molar-refractivity contribution in [1.82, 2.24) is 20.0 Å². The Morgan fingerprint density at radius 3 is 2.37 bits per heavy atom. The number of H-pyrrole nitrogens is 1. The molecule has 0 aliphatic carbocycles. The van der Waals surface area contributed by atoms with Crippen molar-refractivity contribution < 1.29 is 40.3 Å². The lowest BCUT2D eigenvalue weighted by Gasteiger charge is -2.32. The molecular weight excluding hydrogens is 602 g/mol. The number of piperidine rings is 1. The summed E-state index contributed by atoms with van der Waals surface area (Å²) in [4.78, 5) is 21.1. The number of nitrogens with one attached hydrogen (secondary N) is 1. The highest BCUT2D eigenvalue weighted by Crippen LogP contribution is 2.37. The zero-order valence-electron chi connectivity index (χ0n) is 22.7. The Labute approximate surface area is 245 Å². The van der Waals surface area contributed by atoms with E-state index in [0.717, 1.165) is 12.1 Å². The number of benzene rings is 2. The SMILES string of the molecule is CCOc1cc(OCc2sc(-c3ccc(C(F)(F)F)cc3)nc2CN2CCC(C(F)(F)F)CC2)ccc1-c1noc(=O)[nH]1. The predicted octanol–water partition coefficient (Wildman–Crippen LogP) is 6.92. The van der Waals surface area contributed by atoms with E-state index in [4.69, 9.17) is 9.47 Å². The molecular formula is C28H26F6N4O4S. The van der Waals surface area contributed by atoms with Crippen LogP contribution in [0.25, 0.3) is 22.0 Å². The van der Waals surface area contributed by atoms with E-state index in [-0.39, 0.29) is 44.9 Å². The number of ether oxygens (including phenoxy) is 2. The fourth-order valence-corrected chi connectivity index (χ4v) is 5.72. The van der Waals surface area contributed by atoms with Crippen molar-refractivity contribution >= 4 is 11.3 Å². The number of alkyl halides is 6. The molecule has 15 heteroatoms. The van der Waals surface area contributed by atoms with E-state index in [1.807, 2.05) is 4.90 Å².